The van der Waals surface area contributed by atoms with Crippen molar-refractivity contribution in [1.82, 2.24) is 72.3 Å². The molecule has 2 bridgehead atoms. The highest BCUT2D eigenvalue weighted by molar-refractivity contribution is 5.85. The Balaban J connectivity index is 0.000000110. The SMILES string of the molecule is CCN1CCN(c2ccc3cc(-c4ccc5nc(C)oc5c4)cc(=O)n3c2)C[C@@H]1C.COc1ccc(-c2cc(=O)n3cc(C4C[C@H]5CC[C@@H](C4)N5C)ccc3n2)cc1OC.COc1ccc(-c2cc(=O)n3cc(N4CCNC[C@H]4C)ccc3n2)cc1OC.Cc1nc2ccc(-c3cc(=O)n4cc(N5CCN(C)CC5)ccc4c3)cc2o1.Cc1nc2ccc(-c3cc(=O)n4cc(N5CCN[C@@H](C)C5)ccc4c3)cc2o1. The summed E-state index contributed by atoms with van der Waals surface area (Å²) in [6.45, 7) is 28.1. The Morgan fingerprint density at radius 3 is 1.25 bits per heavy atom. The van der Waals surface area contributed by atoms with Crippen LogP contribution in [0.5, 0.6) is 23.0 Å². The Hall–Kier alpha value is -15.3. The van der Waals surface area contributed by atoms with E-state index in [1.807, 2.05) is 197 Å². The standard InChI is InChI=1S/C24H26N4O2.C24H27N3O3.2C22H22N4O2.C21H24N4O3/c1-4-26-9-10-27(14-16(26)2)21-7-6-20-11-19(13-24(29)28(20)15-21)18-5-8-22-23(12-18)30-17(3)25-22;1-26-18-6-7-19(26)11-17(10-18)16-5-9-23-25-20(13-24(28)27(23)14-16)15-4-8-21(29-2)22(12-15)30-3;1-15-23-20-6-3-16(12-21(20)28-15)17-11-18-4-5-19(14-26(18)22(27)13-17)25-9-7-24(2)8-10-25;1-14-12-25(8-7-23-14)19-5-4-18-9-17(11-22(27)26(18)13-19)16-3-6-20-21(10-16)28-15(2)24-20;1-14-12-22-8-9-24(14)16-5-7-20-23-17(11-21(26)25(20)13-16)15-4-6-18(27-2)19(10-15)28-3/h5-8,11-13,15-16H,4,9-10,14H2,1-3H3;4-5,8-9,12-14,17-19H,6-7,10-11H2,1-3H3;3-6,11-14H,7-10H2,1-2H3;3-6,9-11,13-14,23H,7-8,12H2,1-2H3;4-7,10-11,13-14,22H,8-9,12H2,1-3H3/t16-;17?,18-,19+;;2*14-/m0..01/s1. The third-order valence-electron chi connectivity index (χ3n) is 29.1. The molecule has 18 aromatic rings. The number of piperazine rings is 4. The van der Waals surface area contributed by atoms with Crippen LogP contribution in [0.15, 0.2) is 268 Å². The predicted octanol–water partition coefficient (Wildman–Crippen LogP) is 16.2. The molecule has 6 aliphatic rings. The van der Waals surface area contributed by atoms with E-state index in [4.69, 9.17) is 37.2 Å². The van der Waals surface area contributed by atoms with Crippen molar-refractivity contribution in [3.05, 3.63) is 306 Å². The number of nitrogens with one attached hydrogen (secondary N) is 2. The number of ether oxygens (including phenoxy) is 4. The van der Waals surface area contributed by atoms with E-state index < -0.39 is 0 Å². The van der Waals surface area contributed by atoms with E-state index in [2.05, 4.69) is 131 Å². The second kappa shape index (κ2) is 41.3. The number of anilines is 4. The molecule has 2 N–H and O–H groups in total. The van der Waals surface area contributed by atoms with Crippen molar-refractivity contribution < 1.29 is 32.2 Å². The number of aromatic nitrogens is 10. The Kier molecular flexibility index (Phi) is 27.6. The Labute approximate surface area is 832 Å². The zero-order valence-corrected chi connectivity index (χ0v) is 83.6. The largest absolute Gasteiger partial charge is 0.493 e. The van der Waals surface area contributed by atoms with Gasteiger partial charge in [-0.2, -0.15) is 0 Å². The lowest BCUT2D eigenvalue weighted by Gasteiger charge is -2.40. The van der Waals surface area contributed by atoms with Crippen molar-refractivity contribution in [3.8, 4) is 78.9 Å². The van der Waals surface area contributed by atoms with Crippen LogP contribution < -0.4 is 77.0 Å². The maximum absolute atomic E-state index is 12.9. The minimum atomic E-state index is -0.112. The van der Waals surface area contributed by atoms with Gasteiger partial charge in [-0.1, -0.05) is 31.2 Å². The molecular formula is C113H121N19O12. The number of nitrogens with zero attached hydrogens (tertiary/aromatic N) is 17. The zero-order valence-electron chi connectivity index (χ0n) is 83.6. The van der Waals surface area contributed by atoms with Gasteiger partial charge >= 0.3 is 0 Å². The number of piperidine rings is 1. The quantitative estimate of drug-likeness (QED) is 0.0963. The molecule has 6 atom stereocenters. The fraction of sp³-hybridized carbons (Fsp3) is 0.327. The Morgan fingerprint density at radius 1 is 0.375 bits per heavy atom. The average Bonchev–Trinajstić information content (AvgIpc) is 1.21. The van der Waals surface area contributed by atoms with Crippen molar-refractivity contribution in [1.29, 1.82) is 0 Å². The highest BCUT2D eigenvalue weighted by Gasteiger charge is 2.39. The molecule has 740 valence electrons. The summed E-state index contributed by atoms with van der Waals surface area (Å²) in [6, 6.07) is 66.1. The van der Waals surface area contributed by atoms with Gasteiger partial charge in [-0.15, -0.1) is 0 Å². The summed E-state index contributed by atoms with van der Waals surface area (Å²) in [4.78, 5) is 103. The van der Waals surface area contributed by atoms with Crippen LogP contribution in [0, 0.1) is 20.8 Å². The zero-order chi connectivity index (χ0) is 99.8. The highest BCUT2D eigenvalue weighted by atomic mass is 16.5. The Bertz CT molecular complexity index is 8160. The summed E-state index contributed by atoms with van der Waals surface area (Å²) in [5.41, 5.74) is 22.2. The molecular weight excluding hydrogens is 1820 g/mol. The highest BCUT2D eigenvalue weighted by Crippen LogP contribution is 2.43. The molecule has 31 heteroatoms. The molecule has 5 aromatic carbocycles. The predicted molar refractivity (Wildman–Crippen MR) is 569 cm³/mol. The summed E-state index contributed by atoms with van der Waals surface area (Å²) in [6.07, 6.45) is 14.7. The van der Waals surface area contributed by atoms with Gasteiger partial charge in [0.1, 0.15) is 27.8 Å². The molecule has 0 radical (unpaired) electrons. The number of oxazole rings is 3. The minimum Gasteiger partial charge on any atom is -0.493 e. The molecule has 0 saturated carbocycles. The van der Waals surface area contributed by atoms with Gasteiger partial charge in [-0.3, -0.25) is 50.9 Å². The molecule has 0 spiro atoms. The first-order valence-electron chi connectivity index (χ1n) is 49.6. The van der Waals surface area contributed by atoms with E-state index in [0.717, 1.165) is 209 Å². The van der Waals surface area contributed by atoms with Crippen molar-refractivity contribution >= 4 is 83.9 Å². The fourth-order valence-electron chi connectivity index (χ4n) is 21.1. The second-order valence-electron chi connectivity index (χ2n) is 38.4. The number of hydrogen-bond acceptors (Lipinski definition) is 26. The number of benzene rings is 5. The molecule has 144 heavy (non-hydrogen) atoms. The van der Waals surface area contributed by atoms with Crippen LogP contribution >= 0.6 is 0 Å². The van der Waals surface area contributed by atoms with Crippen molar-refractivity contribution in [3.63, 3.8) is 0 Å². The summed E-state index contributed by atoms with van der Waals surface area (Å²) in [7, 11) is 10.8. The first-order valence-corrected chi connectivity index (χ1v) is 49.6. The van der Waals surface area contributed by atoms with Gasteiger partial charge in [0, 0.05) is 225 Å². The van der Waals surface area contributed by atoms with E-state index in [0.29, 0.717) is 99.5 Å². The maximum Gasteiger partial charge on any atom is 0.258 e. The third-order valence-corrected chi connectivity index (χ3v) is 29.1. The first kappa shape index (κ1) is 96.2. The number of rotatable bonds is 15. The summed E-state index contributed by atoms with van der Waals surface area (Å²) >= 11 is 0. The third kappa shape index (κ3) is 20.4. The number of methoxy groups -OCH3 is 4. The molecule has 6 aliphatic heterocycles. The second-order valence-corrected chi connectivity index (χ2v) is 38.4. The van der Waals surface area contributed by atoms with Gasteiger partial charge in [-0.05, 0) is 258 Å². The fourth-order valence-corrected chi connectivity index (χ4v) is 21.1. The van der Waals surface area contributed by atoms with E-state index in [1.54, 1.807) is 80.8 Å². The lowest BCUT2D eigenvalue weighted by molar-refractivity contribution is 0.161. The molecule has 0 aliphatic carbocycles. The smallest absolute Gasteiger partial charge is 0.258 e. The van der Waals surface area contributed by atoms with Crippen LogP contribution in [-0.2, 0) is 0 Å². The van der Waals surface area contributed by atoms with Crippen molar-refractivity contribution in [2.45, 2.75) is 110 Å². The van der Waals surface area contributed by atoms with Crippen LogP contribution in [-0.4, -0.2) is 226 Å². The number of hydrogen-bond donors (Lipinski definition) is 2. The van der Waals surface area contributed by atoms with Gasteiger partial charge in [0.25, 0.3) is 27.8 Å². The average molecular weight is 1940 g/mol. The van der Waals surface area contributed by atoms with Gasteiger partial charge < -0.3 is 72.2 Å². The van der Waals surface area contributed by atoms with E-state index >= 15 is 0 Å². The van der Waals surface area contributed by atoms with Crippen molar-refractivity contribution in [2.24, 2.45) is 0 Å². The number of likely N-dealkylation sites (N-methyl/N-ethyl adjacent to an activating group) is 2. The van der Waals surface area contributed by atoms with Crippen molar-refractivity contribution in [2.75, 3.05) is 154 Å². The topological polar surface area (TPSA) is 295 Å². The molecule has 6 fully saturated rings. The molecule has 24 rings (SSSR count). The summed E-state index contributed by atoms with van der Waals surface area (Å²) in [5.74, 6) is 4.94. The van der Waals surface area contributed by atoms with Gasteiger partial charge in [0.2, 0.25) is 0 Å². The van der Waals surface area contributed by atoms with Crippen LogP contribution in [0.1, 0.15) is 82.5 Å². The molecule has 19 heterocycles. The molecule has 13 aromatic heterocycles. The van der Waals surface area contributed by atoms with E-state index in [-0.39, 0.29) is 27.8 Å². The van der Waals surface area contributed by atoms with Crippen LogP contribution in [0.3, 0.4) is 0 Å². The van der Waals surface area contributed by atoms with E-state index in [1.165, 1.54) is 31.2 Å². The van der Waals surface area contributed by atoms with Gasteiger partial charge in [0.05, 0.1) is 62.6 Å². The minimum absolute atomic E-state index is 0.0292. The lowest BCUT2D eigenvalue weighted by atomic mass is 9.86. The molecule has 1 unspecified atom stereocenters. The van der Waals surface area contributed by atoms with E-state index in [9.17, 15) is 24.0 Å². The Morgan fingerprint density at radius 2 is 0.799 bits per heavy atom. The number of fused-ring (bicyclic) bond motifs is 10. The van der Waals surface area contributed by atoms with Gasteiger partial charge in [-0.25, -0.2) is 24.9 Å². The van der Waals surface area contributed by atoms with Crippen LogP contribution in [0.2, 0.25) is 0 Å². The lowest BCUT2D eigenvalue weighted by Crippen LogP contribution is -2.51. The number of aryl methyl sites for hydroxylation is 3. The van der Waals surface area contributed by atoms with Gasteiger partial charge in [0.15, 0.2) is 57.4 Å². The normalized spacial score (nSPS) is 18.4. The summed E-state index contributed by atoms with van der Waals surface area (Å²) < 4.78 is 46.7. The molecule has 6 saturated heterocycles. The molecule has 0 amide bonds. The summed E-state index contributed by atoms with van der Waals surface area (Å²) in [5, 5.41) is 6.83. The van der Waals surface area contributed by atoms with Crippen LogP contribution in [0.25, 0.3) is 117 Å². The monoisotopic (exact) mass is 1940 g/mol. The van der Waals surface area contributed by atoms with Crippen LogP contribution in [0.4, 0.5) is 22.7 Å². The first-order chi connectivity index (χ1) is 69.8. The maximum atomic E-state index is 12.9. The molecule has 31 nitrogen and oxygen atoms in total. The number of pyridine rings is 8.